The zero-order valence-corrected chi connectivity index (χ0v) is 20.4. The van der Waals surface area contributed by atoms with Gasteiger partial charge in [0.05, 0.1) is 17.0 Å². The molecule has 2 unspecified atom stereocenters. The molecule has 1 N–H and O–H groups in total. The number of fused-ring (bicyclic) bond motifs is 3. The molecule has 1 saturated carbocycles. The molecule has 2 bridgehead atoms. The number of aliphatic carboxylic acids is 1. The fourth-order valence-electron chi connectivity index (χ4n) is 6.50. The Morgan fingerprint density at radius 1 is 1.06 bits per heavy atom. The van der Waals surface area contributed by atoms with Crippen LogP contribution in [0, 0.1) is 11.8 Å². The number of carbonyl (C=O) groups is 1. The van der Waals surface area contributed by atoms with Gasteiger partial charge in [-0.05, 0) is 80.4 Å². The average molecular weight is 470 g/mol. The summed E-state index contributed by atoms with van der Waals surface area (Å²) in [6, 6.07) is 11.5. The molecule has 0 radical (unpaired) electrons. The number of carboxylic acid groups (broad SMARTS) is 1. The Balaban J connectivity index is 1.29. The number of halogens is 1. The maximum Gasteiger partial charge on any atom is 0.306 e. The van der Waals surface area contributed by atoms with Gasteiger partial charge in [0.2, 0.25) is 0 Å². The van der Waals surface area contributed by atoms with Gasteiger partial charge in [-0.15, -0.1) is 0 Å². The lowest BCUT2D eigenvalue weighted by Gasteiger charge is -2.48. The van der Waals surface area contributed by atoms with Crippen molar-refractivity contribution in [2.45, 2.75) is 95.9 Å². The average Bonchev–Trinajstić information content (AvgIpc) is 2.81. The molecule has 2 aromatic rings. The van der Waals surface area contributed by atoms with Crippen molar-refractivity contribution < 1.29 is 14.6 Å². The van der Waals surface area contributed by atoms with Crippen LogP contribution in [0.25, 0.3) is 10.8 Å². The third kappa shape index (κ3) is 4.88. The van der Waals surface area contributed by atoms with Crippen molar-refractivity contribution in [3.8, 4) is 5.75 Å². The number of rotatable bonds is 6. The van der Waals surface area contributed by atoms with E-state index < -0.39 is 5.97 Å². The van der Waals surface area contributed by atoms with E-state index in [1.807, 2.05) is 6.07 Å². The minimum atomic E-state index is -0.622. The van der Waals surface area contributed by atoms with Crippen LogP contribution in [0.2, 0.25) is 5.02 Å². The minimum Gasteiger partial charge on any atom is -0.489 e. The Bertz CT molecular complexity index is 986. The molecular formula is C28H36ClNO3. The second-order valence-electron chi connectivity index (χ2n) is 10.5. The first-order valence-corrected chi connectivity index (χ1v) is 13.3. The summed E-state index contributed by atoms with van der Waals surface area (Å²) in [4.78, 5) is 14.1. The number of carboxylic acids is 1. The summed E-state index contributed by atoms with van der Waals surface area (Å²) in [5.41, 5.74) is 1.27. The van der Waals surface area contributed by atoms with Crippen LogP contribution in [0.4, 0.5) is 0 Å². The lowest BCUT2D eigenvalue weighted by Crippen LogP contribution is -2.52. The molecule has 0 spiro atoms. The van der Waals surface area contributed by atoms with Crippen molar-refractivity contribution in [3.05, 3.63) is 40.9 Å². The number of hydrogen-bond acceptors (Lipinski definition) is 3. The molecule has 3 fully saturated rings. The summed E-state index contributed by atoms with van der Waals surface area (Å²) in [6.07, 6.45) is 11.3. The molecule has 2 heterocycles. The molecule has 2 aliphatic heterocycles. The van der Waals surface area contributed by atoms with E-state index in [1.54, 1.807) is 0 Å². The van der Waals surface area contributed by atoms with E-state index in [4.69, 9.17) is 16.3 Å². The molecule has 3 aliphatic rings. The minimum absolute atomic E-state index is 0.178. The fourth-order valence-corrected chi connectivity index (χ4v) is 6.78. The predicted molar refractivity (Wildman–Crippen MR) is 133 cm³/mol. The van der Waals surface area contributed by atoms with E-state index in [9.17, 15) is 9.90 Å². The molecule has 4 nitrogen and oxygen atoms in total. The number of ether oxygens (including phenoxy) is 1. The van der Waals surface area contributed by atoms with Gasteiger partial charge in [0.15, 0.2) is 0 Å². The summed E-state index contributed by atoms with van der Waals surface area (Å²) in [5.74, 6) is 0.859. The molecule has 2 atom stereocenters. The van der Waals surface area contributed by atoms with E-state index in [2.05, 4.69) is 36.1 Å². The number of nitrogens with zero attached hydrogens (tertiary/aromatic N) is 1. The second-order valence-corrected chi connectivity index (χ2v) is 10.9. The van der Waals surface area contributed by atoms with Gasteiger partial charge in [0.1, 0.15) is 5.75 Å². The van der Waals surface area contributed by atoms with Crippen LogP contribution < -0.4 is 4.74 Å². The van der Waals surface area contributed by atoms with Crippen LogP contribution in [-0.2, 0) is 11.3 Å². The third-order valence-electron chi connectivity index (χ3n) is 8.49. The first kappa shape index (κ1) is 23.0. The van der Waals surface area contributed by atoms with Crippen LogP contribution in [0.3, 0.4) is 0 Å². The van der Waals surface area contributed by atoms with Crippen molar-refractivity contribution >= 4 is 28.3 Å². The first-order valence-electron chi connectivity index (χ1n) is 12.9. The van der Waals surface area contributed by atoms with Gasteiger partial charge in [0.25, 0.3) is 0 Å². The van der Waals surface area contributed by atoms with Gasteiger partial charge in [-0.1, -0.05) is 49.6 Å². The highest BCUT2D eigenvalue weighted by Crippen LogP contribution is 2.40. The lowest BCUT2D eigenvalue weighted by atomic mass is 9.78. The van der Waals surface area contributed by atoms with Crippen molar-refractivity contribution in [2.24, 2.45) is 11.8 Å². The number of piperidine rings is 2. The maximum atomic E-state index is 11.6. The summed E-state index contributed by atoms with van der Waals surface area (Å²) < 4.78 is 6.33. The molecule has 0 amide bonds. The normalized spacial score (nSPS) is 30.3. The zero-order chi connectivity index (χ0) is 22.9. The summed E-state index contributed by atoms with van der Waals surface area (Å²) in [5, 5.41) is 12.4. The molecule has 5 rings (SSSR count). The van der Waals surface area contributed by atoms with Crippen LogP contribution in [0.1, 0.15) is 76.7 Å². The molecule has 2 saturated heterocycles. The van der Waals surface area contributed by atoms with Crippen molar-refractivity contribution in [2.75, 3.05) is 0 Å². The van der Waals surface area contributed by atoms with E-state index in [-0.39, 0.29) is 12.0 Å². The SMILES string of the molecule is CC[C@H]1CC[C@@H](Oc2ccc3cc(CN4C5CCCC4CC(C(=O)O)C5)ccc3c2Cl)CC1. The predicted octanol–water partition coefficient (Wildman–Crippen LogP) is 7.06. The van der Waals surface area contributed by atoms with Gasteiger partial charge < -0.3 is 9.84 Å². The number of benzene rings is 2. The maximum absolute atomic E-state index is 11.6. The molecule has 0 aromatic heterocycles. The van der Waals surface area contributed by atoms with Gasteiger partial charge in [-0.25, -0.2) is 0 Å². The molecule has 5 heteroatoms. The van der Waals surface area contributed by atoms with Gasteiger partial charge >= 0.3 is 5.97 Å². The third-order valence-corrected chi connectivity index (χ3v) is 8.88. The highest BCUT2D eigenvalue weighted by atomic mass is 35.5. The Morgan fingerprint density at radius 3 is 2.45 bits per heavy atom. The van der Waals surface area contributed by atoms with Crippen LogP contribution >= 0.6 is 11.6 Å². The lowest BCUT2D eigenvalue weighted by molar-refractivity contribution is -0.146. The highest BCUT2D eigenvalue weighted by molar-refractivity contribution is 6.37. The molecular weight excluding hydrogens is 434 g/mol. The van der Waals surface area contributed by atoms with Gasteiger partial charge in [-0.2, -0.15) is 0 Å². The van der Waals surface area contributed by atoms with Crippen LogP contribution in [0.5, 0.6) is 5.75 Å². The van der Waals surface area contributed by atoms with Crippen molar-refractivity contribution in [3.63, 3.8) is 0 Å². The van der Waals surface area contributed by atoms with Gasteiger partial charge in [0, 0.05) is 24.0 Å². The summed E-state index contributed by atoms with van der Waals surface area (Å²) in [7, 11) is 0. The quantitative estimate of drug-likeness (QED) is 0.492. The summed E-state index contributed by atoms with van der Waals surface area (Å²) >= 11 is 6.79. The van der Waals surface area contributed by atoms with E-state index in [1.165, 1.54) is 31.2 Å². The topological polar surface area (TPSA) is 49.8 Å². The first-order chi connectivity index (χ1) is 16.0. The Morgan fingerprint density at radius 2 is 1.79 bits per heavy atom. The zero-order valence-electron chi connectivity index (χ0n) is 19.6. The highest BCUT2D eigenvalue weighted by Gasteiger charge is 2.40. The number of hydrogen-bond donors (Lipinski definition) is 1. The van der Waals surface area contributed by atoms with E-state index in [0.29, 0.717) is 12.1 Å². The standard InChI is InChI=1S/C28H36ClNO3/c1-2-18-6-10-24(11-7-18)33-26-13-9-20-14-19(8-12-25(20)27(26)29)17-30-22-4-3-5-23(30)16-21(15-22)28(31)32/h8-9,12-14,18,21-24H,2-7,10-11,15-17H2,1H3,(H,31,32)/t18-,21?,22?,23?,24+. The largest absolute Gasteiger partial charge is 0.489 e. The van der Waals surface area contributed by atoms with Crippen molar-refractivity contribution in [1.29, 1.82) is 0 Å². The van der Waals surface area contributed by atoms with E-state index >= 15 is 0 Å². The molecule has 33 heavy (non-hydrogen) atoms. The second kappa shape index (κ2) is 9.84. The molecule has 178 valence electrons. The van der Waals surface area contributed by atoms with Gasteiger partial charge in [-0.3, -0.25) is 9.69 Å². The smallest absolute Gasteiger partial charge is 0.306 e. The fraction of sp³-hybridized carbons (Fsp3) is 0.607. The Kier molecular flexibility index (Phi) is 6.85. The molecule has 2 aromatic carbocycles. The van der Waals surface area contributed by atoms with Crippen LogP contribution in [-0.4, -0.2) is 34.2 Å². The Labute approximate surface area is 202 Å². The summed E-state index contributed by atoms with van der Waals surface area (Å²) in [6.45, 7) is 3.17. The Hall–Kier alpha value is -1.78. The molecule has 1 aliphatic carbocycles. The monoisotopic (exact) mass is 469 g/mol. The van der Waals surface area contributed by atoms with E-state index in [0.717, 1.165) is 72.5 Å². The van der Waals surface area contributed by atoms with Crippen molar-refractivity contribution in [1.82, 2.24) is 4.90 Å². The van der Waals surface area contributed by atoms with Crippen LogP contribution in [0.15, 0.2) is 30.3 Å².